The molecule has 4 N–H and O–H groups in total. The Morgan fingerprint density at radius 2 is 0.920 bits per heavy atom. The first-order chi connectivity index (χ1) is 23.8. The number of methoxy groups -OCH3 is 4. The highest BCUT2D eigenvalue weighted by molar-refractivity contribution is 7.93. The number of carbonyl (C=O) groups excluding carboxylic acids is 2. The van der Waals surface area contributed by atoms with Crippen molar-refractivity contribution in [3.63, 3.8) is 0 Å². The van der Waals surface area contributed by atoms with Crippen molar-refractivity contribution in [2.75, 3.05) is 48.5 Å². The molecule has 0 unspecified atom stereocenters. The lowest BCUT2D eigenvalue weighted by atomic mass is 10.1. The Bertz CT molecular complexity index is 1840. The molecule has 0 aliphatic heterocycles. The molecule has 0 fully saturated rings. The summed E-state index contributed by atoms with van der Waals surface area (Å²) >= 11 is 0. The normalized spacial score (nSPS) is 11.2. The number of ether oxygens (including phenoxy) is 4. The molecule has 0 aliphatic rings. The van der Waals surface area contributed by atoms with Gasteiger partial charge in [-0.05, 0) is 61.4 Å². The fraction of sp³-hybridized carbons (Fsp3) is 0.267. The Balaban J connectivity index is 1.20. The highest BCUT2D eigenvalue weighted by atomic mass is 32.2. The molecule has 4 aromatic rings. The lowest BCUT2D eigenvalue weighted by Crippen LogP contribution is -2.16. The van der Waals surface area contributed by atoms with Crippen LogP contribution in [0, 0.1) is 0 Å². The molecule has 2 aromatic heterocycles. The standard InChI is InChI=1S/C30H34N8O10S2/c1-45-27-17-23(33-29(35-27)47-3)37-49(41,42)21-13-9-19(10-14-21)31-25(39)7-5-6-8-26(40)32-20-11-15-22(16-12-20)50(43,44)38-24-18-28(46-2)36-30(34-24)48-4/h9-18H,5-8H2,1-4H3,(H,31,39)(H,32,40)(H,33,35,37)(H,34,36,38). The molecule has 0 saturated heterocycles. The van der Waals surface area contributed by atoms with E-state index in [9.17, 15) is 26.4 Å². The SMILES string of the molecule is COc1cc(NS(=O)(=O)c2ccc(NC(=O)CCCCC(=O)Nc3ccc(S(=O)(=O)Nc4cc(OC)nc(OC)n4)cc3)cc2)nc(OC)n1. The predicted octanol–water partition coefficient (Wildman–Crippen LogP) is 3.04. The van der Waals surface area contributed by atoms with E-state index >= 15 is 0 Å². The largest absolute Gasteiger partial charge is 0.481 e. The highest BCUT2D eigenvalue weighted by Gasteiger charge is 2.19. The zero-order valence-electron chi connectivity index (χ0n) is 27.3. The van der Waals surface area contributed by atoms with Crippen LogP contribution in [-0.2, 0) is 29.6 Å². The summed E-state index contributed by atoms with van der Waals surface area (Å²) in [7, 11) is -2.66. The van der Waals surface area contributed by atoms with Gasteiger partial charge in [0, 0.05) is 36.3 Å². The predicted molar refractivity (Wildman–Crippen MR) is 181 cm³/mol. The minimum absolute atomic E-state index is 0.0553. The second kappa shape index (κ2) is 16.6. The zero-order chi connectivity index (χ0) is 36.3. The van der Waals surface area contributed by atoms with Gasteiger partial charge in [0.2, 0.25) is 23.6 Å². The monoisotopic (exact) mass is 730 g/mol. The smallest absolute Gasteiger partial charge is 0.321 e. The molecular formula is C30H34N8O10S2. The van der Waals surface area contributed by atoms with Crippen LogP contribution >= 0.6 is 0 Å². The average Bonchev–Trinajstić information content (AvgIpc) is 3.09. The van der Waals surface area contributed by atoms with Crippen LogP contribution in [0.3, 0.4) is 0 Å². The number of carbonyl (C=O) groups is 2. The van der Waals surface area contributed by atoms with Gasteiger partial charge in [-0.25, -0.2) is 16.8 Å². The number of anilines is 4. The molecule has 20 heteroatoms. The summed E-state index contributed by atoms with van der Waals surface area (Å²) in [4.78, 5) is 40.4. The van der Waals surface area contributed by atoms with E-state index in [1.54, 1.807) is 0 Å². The van der Waals surface area contributed by atoms with E-state index in [1.165, 1.54) is 89.1 Å². The molecule has 0 saturated carbocycles. The van der Waals surface area contributed by atoms with Crippen LogP contribution in [-0.4, -0.2) is 77.0 Å². The van der Waals surface area contributed by atoms with Crippen molar-refractivity contribution < 1.29 is 45.4 Å². The van der Waals surface area contributed by atoms with Gasteiger partial charge in [0.05, 0.1) is 38.2 Å². The maximum Gasteiger partial charge on any atom is 0.321 e. The summed E-state index contributed by atoms with van der Waals surface area (Å²) in [6.07, 6.45) is 1.05. The molecule has 0 radical (unpaired) electrons. The van der Waals surface area contributed by atoms with Crippen molar-refractivity contribution >= 4 is 54.9 Å². The highest BCUT2D eigenvalue weighted by Crippen LogP contribution is 2.23. The molecule has 4 rings (SSSR count). The number of sulfonamides is 2. The molecule has 266 valence electrons. The third-order valence-electron chi connectivity index (χ3n) is 6.58. The summed E-state index contributed by atoms with van der Waals surface area (Å²) in [5.74, 6) is -0.535. The van der Waals surface area contributed by atoms with Crippen molar-refractivity contribution in [2.24, 2.45) is 0 Å². The Labute approximate surface area is 288 Å². The number of amides is 2. The number of hydrogen-bond acceptors (Lipinski definition) is 14. The van der Waals surface area contributed by atoms with E-state index in [0.29, 0.717) is 24.2 Å². The summed E-state index contributed by atoms with van der Waals surface area (Å²) in [5.41, 5.74) is 0.767. The molecule has 0 atom stereocenters. The number of aromatic nitrogens is 4. The second-order valence-electron chi connectivity index (χ2n) is 10.1. The number of nitrogens with zero attached hydrogens (tertiary/aromatic N) is 4. The number of benzene rings is 2. The van der Waals surface area contributed by atoms with E-state index in [1.807, 2.05) is 0 Å². The molecule has 2 amide bonds. The maximum atomic E-state index is 12.8. The first-order valence-electron chi connectivity index (χ1n) is 14.6. The Morgan fingerprint density at radius 1 is 0.560 bits per heavy atom. The fourth-order valence-electron chi connectivity index (χ4n) is 4.15. The topological polar surface area (TPSA) is 239 Å². The van der Waals surface area contributed by atoms with E-state index in [2.05, 4.69) is 40.0 Å². The van der Waals surface area contributed by atoms with E-state index in [-0.39, 0.29) is 69.9 Å². The van der Waals surface area contributed by atoms with Crippen LogP contribution in [0.25, 0.3) is 0 Å². The minimum Gasteiger partial charge on any atom is -0.481 e. The first kappa shape index (κ1) is 37.1. The van der Waals surface area contributed by atoms with Gasteiger partial charge in [-0.2, -0.15) is 19.9 Å². The number of rotatable bonds is 17. The Morgan fingerprint density at radius 3 is 1.24 bits per heavy atom. The van der Waals surface area contributed by atoms with Gasteiger partial charge in [0.1, 0.15) is 0 Å². The van der Waals surface area contributed by atoms with Crippen molar-refractivity contribution in [1.82, 2.24) is 19.9 Å². The summed E-state index contributed by atoms with van der Waals surface area (Å²) in [6.45, 7) is 0. The molecule has 2 aromatic carbocycles. The summed E-state index contributed by atoms with van der Waals surface area (Å²) < 4.78 is 75.9. The first-order valence-corrected chi connectivity index (χ1v) is 17.6. The number of hydrogen-bond donors (Lipinski definition) is 4. The van der Waals surface area contributed by atoms with Gasteiger partial charge < -0.3 is 29.6 Å². The van der Waals surface area contributed by atoms with Gasteiger partial charge in [0.15, 0.2) is 11.6 Å². The van der Waals surface area contributed by atoms with Crippen molar-refractivity contribution in [2.45, 2.75) is 35.5 Å². The van der Waals surface area contributed by atoms with Crippen LogP contribution in [0.15, 0.2) is 70.5 Å². The fourth-order valence-corrected chi connectivity index (χ4v) is 6.13. The Kier molecular flexibility index (Phi) is 12.3. The molecular weight excluding hydrogens is 697 g/mol. The van der Waals surface area contributed by atoms with Gasteiger partial charge in [-0.1, -0.05) is 0 Å². The summed E-state index contributed by atoms with van der Waals surface area (Å²) in [6, 6.07) is 13.5. The number of nitrogens with one attached hydrogen (secondary N) is 4. The van der Waals surface area contributed by atoms with Crippen molar-refractivity contribution in [3.8, 4) is 23.8 Å². The van der Waals surface area contributed by atoms with E-state index in [4.69, 9.17) is 18.9 Å². The summed E-state index contributed by atoms with van der Waals surface area (Å²) in [5, 5.41) is 5.38. The third-order valence-corrected chi connectivity index (χ3v) is 9.32. The van der Waals surface area contributed by atoms with E-state index < -0.39 is 20.0 Å². The van der Waals surface area contributed by atoms with Gasteiger partial charge >= 0.3 is 12.0 Å². The Hall–Kier alpha value is -5.76. The van der Waals surface area contributed by atoms with Crippen LogP contribution in [0.2, 0.25) is 0 Å². The van der Waals surface area contributed by atoms with Gasteiger partial charge in [-0.15, -0.1) is 0 Å². The van der Waals surface area contributed by atoms with Crippen LogP contribution < -0.4 is 39.0 Å². The second-order valence-corrected chi connectivity index (χ2v) is 13.5. The maximum absolute atomic E-state index is 12.8. The molecule has 0 aliphatic carbocycles. The van der Waals surface area contributed by atoms with Crippen LogP contribution in [0.5, 0.6) is 23.8 Å². The number of unbranched alkanes of at least 4 members (excludes halogenated alkanes) is 1. The van der Waals surface area contributed by atoms with Crippen LogP contribution in [0.4, 0.5) is 23.0 Å². The van der Waals surface area contributed by atoms with E-state index in [0.717, 1.165) is 0 Å². The van der Waals surface area contributed by atoms with Crippen molar-refractivity contribution in [3.05, 3.63) is 60.7 Å². The quantitative estimate of drug-likeness (QED) is 0.114. The van der Waals surface area contributed by atoms with Crippen LogP contribution in [0.1, 0.15) is 25.7 Å². The molecule has 2 heterocycles. The lowest BCUT2D eigenvalue weighted by molar-refractivity contribution is -0.118. The molecule has 18 nitrogen and oxygen atoms in total. The van der Waals surface area contributed by atoms with Gasteiger partial charge in [0.25, 0.3) is 20.0 Å². The lowest BCUT2D eigenvalue weighted by Gasteiger charge is -2.11. The molecule has 0 bridgehead atoms. The average molecular weight is 731 g/mol. The molecule has 0 spiro atoms. The van der Waals surface area contributed by atoms with Crippen molar-refractivity contribution in [1.29, 1.82) is 0 Å². The molecule has 50 heavy (non-hydrogen) atoms. The minimum atomic E-state index is -4.03. The third kappa shape index (κ3) is 10.4. The van der Waals surface area contributed by atoms with Gasteiger partial charge in [-0.3, -0.25) is 19.0 Å². The zero-order valence-corrected chi connectivity index (χ0v) is 28.9.